The molecule has 2 heteroatoms. The molecular weight excluding hydrogens is 172 g/mol. The van der Waals surface area contributed by atoms with Crippen molar-refractivity contribution in [1.82, 2.24) is 10.3 Å². The van der Waals surface area contributed by atoms with Gasteiger partial charge >= 0.3 is 0 Å². The first kappa shape index (κ1) is 7.44. The molecular formula is C12H9N2. The van der Waals surface area contributed by atoms with Crippen molar-refractivity contribution in [2.24, 2.45) is 0 Å². The van der Waals surface area contributed by atoms with E-state index in [9.17, 15) is 0 Å². The minimum absolute atomic E-state index is 1.04. The van der Waals surface area contributed by atoms with Crippen LogP contribution in [0.1, 0.15) is 5.56 Å². The molecule has 1 aromatic heterocycles. The average Bonchev–Trinajstić information content (AvgIpc) is 2.88. The van der Waals surface area contributed by atoms with Crippen LogP contribution in [0.3, 0.4) is 0 Å². The predicted octanol–water partition coefficient (Wildman–Crippen LogP) is 2.64. The van der Waals surface area contributed by atoms with Crippen LogP contribution in [0, 0.1) is 0 Å². The number of H-pyrrole nitrogens is 1. The second-order valence-electron chi connectivity index (χ2n) is 3.27. The van der Waals surface area contributed by atoms with E-state index in [-0.39, 0.29) is 0 Å². The molecule has 14 heavy (non-hydrogen) atoms. The number of allylic oxidation sites excluding steroid dienone is 2. The molecule has 0 saturated heterocycles. The van der Waals surface area contributed by atoms with Gasteiger partial charge in [-0.05, 0) is 24.3 Å². The van der Waals surface area contributed by atoms with Gasteiger partial charge < -0.3 is 4.98 Å². The number of aromatic amines is 1. The molecule has 0 saturated carbocycles. The summed E-state index contributed by atoms with van der Waals surface area (Å²) in [4.78, 5) is 3.19. The summed E-state index contributed by atoms with van der Waals surface area (Å²) in [6, 6.07) is 8.29. The highest BCUT2D eigenvalue weighted by molar-refractivity contribution is 5.92. The molecule has 0 fully saturated rings. The zero-order valence-electron chi connectivity index (χ0n) is 7.57. The molecule has 0 bridgehead atoms. The van der Waals surface area contributed by atoms with Crippen LogP contribution in [0.5, 0.6) is 0 Å². The molecule has 2 nitrogen and oxygen atoms in total. The zero-order valence-corrected chi connectivity index (χ0v) is 7.57. The van der Waals surface area contributed by atoms with Gasteiger partial charge in [-0.1, -0.05) is 12.1 Å². The molecule has 1 aliphatic heterocycles. The van der Waals surface area contributed by atoms with Gasteiger partial charge in [-0.25, -0.2) is 0 Å². The van der Waals surface area contributed by atoms with E-state index in [1.54, 1.807) is 0 Å². The Morgan fingerprint density at radius 3 is 3.00 bits per heavy atom. The van der Waals surface area contributed by atoms with Gasteiger partial charge in [-0.3, -0.25) is 5.32 Å². The first-order valence-corrected chi connectivity index (χ1v) is 4.59. The van der Waals surface area contributed by atoms with E-state index >= 15 is 0 Å². The van der Waals surface area contributed by atoms with Crippen LogP contribution in [0.25, 0.3) is 16.6 Å². The summed E-state index contributed by atoms with van der Waals surface area (Å²) in [6.45, 7) is 0. The highest BCUT2D eigenvalue weighted by Gasteiger charge is 2.08. The van der Waals surface area contributed by atoms with Crippen molar-refractivity contribution in [2.45, 2.75) is 0 Å². The molecule has 0 spiro atoms. The van der Waals surface area contributed by atoms with Gasteiger partial charge in [0, 0.05) is 28.9 Å². The molecule has 1 aliphatic rings. The van der Waals surface area contributed by atoms with Crippen LogP contribution in [-0.4, -0.2) is 4.98 Å². The van der Waals surface area contributed by atoms with E-state index < -0.39 is 0 Å². The fraction of sp³-hybridized carbons (Fsp3) is 0. The molecule has 2 aromatic rings. The van der Waals surface area contributed by atoms with Gasteiger partial charge in [0.25, 0.3) is 0 Å². The number of rotatable bonds is 1. The summed E-state index contributed by atoms with van der Waals surface area (Å²) in [7, 11) is 0. The lowest BCUT2D eigenvalue weighted by Gasteiger charge is -2.02. The molecule has 67 valence electrons. The van der Waals surface area contributed by atoms with E-state index in [2.05, 4.69) is 28.5 Å². The van der Waals surface area contributed by atoms with Crippen molar-refractivity contribution in [3.05, 3.63) is 54.4 Å². The van der Waals surface area contributed by atoms with Crippen molar-refractivity contribution >= 4 is 16.6 Å². The summed E-state index contributed by atoms with van der Waals surface area (Å²) >= 11 is 0. The summed E-state index contributed by atoms with van der Waals surface area (Å²) in [5.41, 5.74) is 3.38. The Hall–Kier alpha value is -1.96. The minimum Gasteiger partial charge on any atom is -0.361 e. The summed E-state index contributed by atoms with van der Waals surface area (Å²) in [5, 5.41) is 5.53. The van der Waals surface area contributed by atoms with Crippen LogP contribution in [-0.2, 0) is 0 Å². The maximum atomic E-state index is 4.30. The second-order valence-corrected chi connectivity index (χ2v) is 3.27. The Kier molecular flexibility index (Phi) is 1.47. The third kappa shape index (κ3) is 0.973. The number of benzene rings is 1. The van der Waals surface area contributed by atoms with Crippen LogP contribution in [0.15, 0.2) is 48.8 Å². The number of nitrogens with zero attached hydrogens (tertiary/aromatic N) is 1. The predicted molar refractivity (Wildman–Crippen MR) is 57.5 cm³/mol. The van der Waals surface area contributed by atoms with Gasteiger partial charge in [0.05, 0.1) is 5.70 Å². The largest absolute Gasteiger partial charge is 0.361 e. The van der Waals surface area contributed by atoms with E-state index in [0.29, 0.717) is 0 Å². The standard InChI is InChI=1S/C12H9N2/c1-3-9(12-5-2-7-13-12)10-6-8-14-11(10)4-1/h1-8,14H. The van der Waals surface area contributed by atoms with Gasteiger partial charge in [0.2, 0.25) is 0 Å². The molecule has 0 amide bonds. The lowest BCUT2D eigenvalue weighted by atomic mass is 10.1. The van der Waals surface area contributed by atoms with E-state index in [1.807, 2.05) is 30.6 Å². The summed E-state index contributed by atoms with van der Waals surface area (Å²) < 4.78 is 0. The Bertz CT molecular complexity index is 532. The SMILES string of the molecule is C1=C[N]C(c2cccc3[nH]ccc23)=C1. The van der Waals surface area contributed by atoms with Crippen molar-refractivity contribution < 1.29 is 0 Å². The Morgan fingerprint density at radius 1 is 1.14 bits per heavy atom. The van der Waals surface area contributed by atoms with Gasteiger partial charge in [-0.15, -0.1) is 0 Å². The third-order valence-electron chi connectivity index (χ3n) is 2.42. The fourth-order valence-corrected chi connectivity index (χ4v) is 1.77. The van der Waals surface area contributed by atoms with Crippen LogP contribution in [0.4, 0.5) is 0 Å². The summed E-state index contributed by atoms with van der Waals surface area (Å²) in [5.74, 6) is 0. The first-order chi connectivity index (χ1) is 6.95. The van der Waals surface area contributed by atoms with Crippen molar-refractivity contribution in [2.75, 3.05) is 0 Å². The number of nitrogens with one attached hydrogen (secondary N) is 1. The van der Waals surface area contributed by atoms with E-state index in [1.165, 1.54) is 10.9 Å². The monoisotopic (exact) mass is 181 g/mol. The van der Waals surface area contributed by atoms with Crippen LogP contribution in [0.2, 0.25) is 0 Å². The van der Waals surface area contributed by atoms with E-state index in [0.717, 1.165) is 11.2 Å². The molecule has 2 heterocycles. The highest BCUT2D eigenvalue weighted by atomic mass is 14.9. The quantitative estimate of drug-likeness (QED) is 0.701. The topological polar surface area (TPSA) is 29.9 Å². The van der Waals surface area contributed by atoms with Crippen molar-refractivity contribution in [1.29, 1.82) is 0 Å². The van der Waals surface area contributed by atoms with Crippen LogP contribution >= 0.6 is 0 Å². The summed E-state index contributed by atoms with van der Waals surface area (Å²) in [6.07, 6.45) is 7.76. The van der Waals surface area contributed by atoms with Gasteiger partial charge in [-0.2, -0.15) is 0 Å². The lowest BCUT2D eigenvalue weighted by Crippen LogP contribution is -1.91. The Labute approximate surface area is 81.9 Å². The molecule has 0 unspecified atom stereocenters. The number of aromatic nitrogens is 1. The molecule has 0 aliphatic carbocycles. The van der Waals surface area contributed by atoms with Crippen molar-refractivity contribution in [3.63, 3.8) is 0 Å². The van der Waals surface area contributed by atoms with Gasteiger partial charge in [0.15, 0.2) is 0 Å². The molecule has 1 radical (unpaired) electrons. The number of fused-ring (bicyclic) bond motifs is 1. The average molecular weight is 181 g/mol. The maximum Gasteiger partial charge on any atom is 0.0709 e. The number of hydrogen-bond donors (Lipinski definition) is 1. The van der Waals surface area contributed by atoms with Gasteiger partial charge in [0.1, 0.15) is 0 Å². The Balaban J connectivity index is 2.25. The second kappa shape index (κ2) is 2.77. The molecule has 1 aromatic carbocycles. The molecule has 3 rings (SSSR count). The molecule has 1 N–H and O–H groups in total. The Morgan fingerprint density at radius 2 is 2.14 bits per heavy atom. The maximum absolute atomic E-state index is 4.30. The number of hydrogen-bond acceptors (Lipinski definition) is 0. The fourth-order valence-electron chi connectivity index (χ4n) is 1.77. The minimum atomic E-state index is 1.04. The molecule has 0 atom stereocenters. The lowest BCUT2D eigenvalue weighted by molar-refractivity contribution is 1.23. The first-order valence-electron chi connectivity index (χ1n) is 4.59. The van der Waals surface area contributed by atoms with Crippen molar-refractivity contribution in [3.8, 4) is 0 Å². The highest BCUT2D eigenvalue weighted by Crippen LogP contribution is 2.25. The third-order valence-corrected chi connectivity index (χ3v) is 2.42. The van der Waals surface area contributed by atoms with E-state index in [4.69, 9.17) is 0 Å². The smallest absolute Gasteiger partial charge is 0.0709 e. The van der Waals surface area contributed by atoms with Crippen LogP contribution < -0.4 is 5.32 Å². The zero-order chi connectivity index (χ0) is 9.38. The normalized spacial score (nSPS) is 14.4.